The average Bonchev–Trinajstić information content (AvgIpc) is 2.66. The van der Waals surface area contributed by atoms with Crippen LogP contribution in [0, 0.1) is 0 Å². The quantitative estimate of drug-likeness (QED) is 0.706. The van der Waals surface area contributed by atoms with Gasteiger partial charge in [-0.1, -0.05) is 6.07 Å². The number of halogens is 5. The third-order valence-electron chi connectivity index (χ3n) is 4.41. The Morgan fingerprint density at radius 1 is 1.30 bits per heavy atom. The smallest absolute Gasteiger partial charge is 0.406 e. The second-order valence-corrected chi connectivity index (χ2v) is 6.67. The molecule has 1 atom stereocenters. The van der Waals surface area contributed by atoms with Gasteiger partial charge in [0, 0.05) is 31.3 Å². The predicted octanol–water partition coefficient (Wildman–Crippen LogP) is 3.32. The van der Waals surface area contributed by atoms with E-state index in [9.17, 15) is 26.7 Å². The van der Waals surface area contributed by atoms with Crippen LogP contribution in [0.1, 0.15) is 23.3 Å². The van der Waals surface area contributed by atoms with Gasteiger partial charge in [-0.15, -0.1) is 13.2 Å². The van der Waals surface area contributed by atoms with E-state index in [2.05, 4.69) is 20.0 Å². The highest BCUT2D eigenvalue weighted by Gasteiger charge is 2.42. The molecule has 1 unspecified atom stereocenters. The van der Waals surface area contributed by atoms with Crippen LogP contribution in [0.3, 0.4) is 0 Å². The number of nitrogens with two attached hydrogens (primary N) is 1. The minimum Gasteiger partial charge on any atom is -0.406 e. The molecule has 0 radical (unpaired) electrons. The Labute approximate surface area is 168 Å². The molecule has 7 nitrogen and oxygen atoms in total. The molecular formula is C18H18F5N5O2. The van der Waals surface area contributed by atoms with Crippen molar-refractivity contribution in [3.63, 3.8) is 0 Å². The normalized spacial score (nSPS) is 18.7. The van der Waals surface area contributed by atoms with Crippen molar-refractivity contribution < 1.29 is 31.5 Å². The van der Waals surface area contributed by atoms with E-state index in [1.165, 1.54) is 18.2 Å². The van der Waals surface area contributed by atoms with E-state index < -0.39 is 36.5 Å². The molecule has 1 saturated heterocycles. The number of amides is 1. The molecule has 3 heterocycles. The van der Waals surface area contributed by atoms with Crippen molar-refractivity contribution in [2.24, 2.45) is 5.73 Å². The molecule has 0 bridgehead atoms. The number of carbonyl (C=O) groups is 1. The summed E-state index contributed by atoms with van der Waals surface area (Å²) in [6, 6.07) is 5.74. The highest BCUT2D eigenvalue weighted by molar-refractivity contribution is 5.93. The Kier molecular flexibility index (Phi) is 6.06. The largest absolute Gasteiger partial charge is 0.573 e. The maximum absolute atomic E-state index is 13.8. The topological polar surface area (TPSA) is 93.4 Å². The van der Waals surface area contributed by atoms with E-state index in [-0.39, 0.29) is 36.7 Å². The molecule has 162 valence electrons. The third-order valence-corrected chi connectivity index (χ3v) is 4.41. The average molecular weight is 431 g/mol. The van der Waals surface area contributed by atoms with Gasteiger partial charge >= 0.3 is 6.36 Å². The number of rotatable bonds is 5. The van der Waals surface area contributed by atoms with Crippen LogP contribution in [0.15, 0.2) is 36.5 Å². The molecule has 1 amide bonds. The van der Waals surface area contributed by atoms with Gasteiger partial charge in [0.05, 0.1) is 6.54 Å². The first-order chi connectivity index (χ1) is 14.1. The van der Waals surface area contributed by atoms with Crippen molar-refractivity contribution in [3.8, 4) is 5.75 Å². The molecule has 3 N–H and O–H groups in total. The van der Waals surface area contributed by atoms with Crippen LogP contribution in [0.4, 0.5) is 33.6 Å². The molecule has 30 heavy (non-hydrogen) atoms. The van der Waals surface area contributed by atoms with E-state index in [0.717, 1.165) is 23.2 Å². The number of ether oxygens (including phenoxy) is 1. The van der Waals surface area contributed by atoms with E-state index in [4.69, 9.17) is 5.73 Å². The third kappa shape index (κ3) is 5.53. The predicted molar refractivity (Wildman–Crippen MR) is 96.5 cm³/mol. The van der Waals surface area contributed by atoms with E-state index in [1.54, 1.807) is 0 Å². The van der Waals surface area contributed by atoms with Gasteiger partial charge in [0.1, 0.15) is 23.1 Å². The number of hydrogen-bond acceptors (Lipinski definition) is 6. The lowest BCUT2D eigenvalue weighted by molar-refractivity contribution is -0.274. The van der Waals surface area contributed by atoms with Gasteiger partial charge in [-0.2, -0.15) is 0 Å². The summed E-state index contributed by atoms with van der Waals surface area (Å²) in [5, 5.41) is 2.66. The van der Waals surface area contributed by atoms with Crippen molar-refractivity contribution in [2.75, 3.05) is 18.4 Å². The Morgan fingerprint density at radius 3 is 2.77 bits per heavy atom. The summed E-state index contributed by atoms with van der Waals surface area (Å²) < 4.78 is 68.5. The fourth-order valence-electron chi connectivity index (χ4n) is 3.05. The van der Waals surface area contributed by atoms with Crippen molar-refractivity contribution in [1.29, 1.82) is 0 Å². The van der Waals surface area contributed by atoms with Gasteiger partial charge in [0.15, 0.2) is 0 Å². The minimum absolute atomic E-state index is 0.0156. The van der Waals surface area contributed by atoms with Gasteiger partial charge < -0.3 is 20.7 Å². The maximum atomic E-state index is 13.8. The lowest BCUT2D eigenvalue weighted by atomic mass is 9.99. The maximum Gasteiger partial charge on any atom is 0.573 e. The van der Waals surface area contributed by atoms with Gasteiger partial charge in [0.25, 0.3) is 11.8 Å². The van der Waals surface area contributed by atoms with Crippen LogP contribution < -0.4 is 15.8 Å². The van der Waals surface area contributed by atoms with Crippen molar-refractivity contribution in [2.45, 2.75) is 31.2 Å². The molecule has 1 aliphatic heterocycles. The molecule has 3 rings (SSSR count). The SMILES string of the molecule is NCC1CCC(F)(F)CN1C(=O)c1cccc(Nc2cc(OC(F)(F)F)ccn2)n1. The number of hydrogen-bond donors (Lipinski definition) is 2. The van der Waals surface area contributed by atoms with Gasteiger partial charge in [-0.3, -0.25) is 4.79 Å². The van der Waals surface area contributed by atoms with Crippen LogP contribution in [-0.4, -0.2) is 52.2 Å². The molecule has 2 aromatic rings. The number of nitrogens with zero attached hydrogens (tertiary/aromatic N) is 3. The van der Waals surface area contributed by atoms with Crippen LogP contribution in [0.2, 0.25) is 0 Å². The van der Waals surface area contributed by atoms with Crippen molar-refractivity contribution >= 4 is 17.5 Å². The summed E-state index contributed by atoms with van der Waals surface area (Å²) in [7, 11) is 0. The first-order valence-corrected chi connectivity index (χ1v) is 8.91. The lowest BCUT2D eigenvalue weighted by Crippen LogP contribution is -2.54. The zero-order valence-electron chi connectivity index (χ0n) is 15.5. The molecule has 1 aliphatic rings. The first kappa shape index (κ1) is 21.7. The summed E-state index contributed by atoms with van der Waals surface area (Å²) in [5.74, 6) is -4.15. The molecule has 0 spiro atoms. The Hall–Kier alpha value is -3.02. The fourth-order valence-corrected chi connectivity index (χ4v) is 3.05. The first-order valence-electron chi connectivity index (χ1n) is 8.91. The molecule has 0 saturated carbocycles. The number of piperidine rings is 1. The monoisotopic (exact) mass is 431 g/mol. The van der Waals surface area contributed by atoms with Crippen LogP contribution in [-0.2, 0) is 0 Å². The molecular weight excluding hydrogens is 413 g/mol. The highest BCUT2D eigenvalue weighted by atomic mass is 19.4. The number of pyridine rings is 2. The number of alkyl halides is 5. The molecule has 2 aromatic heterocycles. The lowest BCUT2D eigenvalue weighted by Gasteiger charge is -2.38. The van der Waals surface area contributed by atoms with E-state index in [0.29, 0.717) is 0 Å². The zero-order chi connectivity index (χ0) is 21.9. The summed E-state index contributed by atoms with van der Waals surface area (Å²) in [4.78, 5) is 21.7. The molecule has 1 fully saturated rings. The Morgan fingerprint density at radius 2 is 2.07 bits per heavy atom. The number of carbonyl (C=O) groups excluding carboxylic acids is 1. The van der Waals surface area contributed by atoms with Gasteiger partial charge in [-0.05, 0) is 24.6 Å². The van der Waals surface area contributed by atoms with E-state index >= 15 is 0 Å². The Balaban J connectivity index is 1.78. The van der Waals surface area contributed by atoms with Crippen LogP contribution in [0.5, 0.6) is 5.75 Å². The van der Waals surface area contributed by atoms with Crippen molar-refractivity contribution in [3.05, 3.63) is 42.2 Å². The van der Waals surface area contributed by atoms with Gasteiger partial charge in [-0.25, -0.2) is 18.7 Å². The van der Waals surface area contributed by atoms with E-state index in [1.807, 2.05) is 0 Å². The summed E-state index contributed by atoms with van der Waals surface area (Å²) >= 11 is 0. The highest BCUT2D eigenvalue weighted by Crippen LogP contribution is 2.31. The number of likely N-dealkylation sites (tertiary alicyclic amines) is 1. The molecule has 0 aliphatic carbocycles. The second kappa shape index (κ2) is 8.38. The fraction of sp³-hybridized carbons (Fsp3) is 0.389. The van der Waals surface area contributed by atoms with Crippen molar-refractivity contribution in [1.82, 2.24) is 14.9 Å². The molecule has 0 aromatic carbocycles. The number of anilines is 2. The number of aromatic nitrogens is 2. The summed E-state index contributed by atoms with van der Waals surface area (Å²) in [6.45, 7) is -0.721. The van der Waals surface area contributed by atoms with Crippen LogP contribution in [0.25, 0.3) is 0 Å². The summed E-state index contributed by atoms with van der Waals surface area (Å²) in [5.41, 5.74) is 5.50. The Bertz CT molecular complexity index is 909. The minimum atomic E-state index is -4.86. The zero-order valence-corrected chi connectivity index (χ0v) is 15.5. The summed E-state index contributed by atoms with van der Waals surface area (Å²) in [6.07, 6.45) is -4.04. The number of nitrogens with one attached hydrogen (secondary N) is 1. The van der Waals surface area contributed by atoms with Gasteiger partial charge in [0.2, 0.25) is 0 Å². The second-order valence-electron chi connectivity index (χ2n) is 6.67. The van der Waals surface area contributed by atoms with Crippen LogP contribution >= 0.6 is 0 Å². The standard InChI is InChI=1S/C18H18F5N5O2/c19-17(20)6-4-11(9-24)28(10-17)16(29)13-2-1-3-14(26-13)27-15-8-12(5-7-25-15)30-18(21,22)23/h1-3,5,7-8,11H,4,6,9-10,24H2,(H,25,26,27). The molecule has 12 heteroatoms.